The lowest BCUT2D eigenvalue weighted by molar-refractivity contribution is 1.13. The number of benzene rings is 1. The first kappa shape index (κ1) is 9.55. The summed E-state index contributed by atoms with van der Waals surface area (Å²) >= 11 is 5.21. The number of nitrogens with zero attached hydrogens (tertiary/aromatic N) is 1. The van der Waals surface area contributed by atoms with E-state index < -0.39 is 0 Å². The van der Waals surface area contributed by atoms with Gasteiger partial charge in [-0.1, -0.05) is 15.9 Å². The second-order valence-corrected chi connectivity index (χ2v) is 5.56. The zero-order valence-electron chi connectivity index (χ0n) is 8.11. The van der Waals surface area contributed by atoms with Gasteiger partial charge in [-0.2, -0.15) is 0 Å². The van der Waals surface area contributed by atoms with Gasteiger partial charge in [0.15, 0.2) is 0 Å². The molecule has 15 heavy (non-hydrogen) atoms. The number of thiazole rings is 1. The van der Waals surface area contributed by atoms with Crippen LogP contribution in [0.1, 0.15) is 24.3 Å². The Morgan fingerprint density at radius 1 is 1.27 bits per heavy atom. The van der Waals surface area contributed by atoms with E-state index in [4.69, 9.17) is 0 Å². The highest BCUT2D eigenvalue weighted by molar-refractivity contribution is 9.10. The Balaban J connectivity index is 2.07. The van der Waals surface area contributed by atoms with Gasteiger partial charge in [0, 0.05) is 15.4 Å². The highest BCUT2D eigenvalue weighted by Crippen LogP contribution is 2.42. The van der Waals surface area contributed by atoms with E-state index in [1.54, 1.807) is 11.3 Å². The van der Waals surface area contributed by atoms with Crippen molar-refractivity contribution in [3.63, 3.8) is 0 Å². The molecule has 0 bridgehead atoms. The topological polar surface area (TPSA) is 12.9 Å². The molecule has 0 saturated heterocycles. The quantitative estimate of drug-likeness (QED) is 0.792. The molecule has 0 N–H and O–H groups in total. The van der Waals surface area contributed by atoms with Crippen molar-refractivity contribution in [2.24, 2.45) is 0 Å². The predicted molar refractivity (Wildman–Crippen MR) is 67.2 cm³/mol. The van der Waals surface area contributed by atoms with Crippen molar-refractivity contribution in [3.8, 4) is 11.3 Å². The Kier molecular flexibility index (Phi) is 2.37. The van der Waals surface area contributed by atoms with Crippen molar-refractivity contribution < 1.29 is 0 Å². The van der Waals surface area contributed by atoms with Crippen LogP contribution in [0.3, 0.4) is 0 Å². The third kappa shape index (κ3) is 1.99. The van der Waals surface area contributed by atoms with Gasteiger partial charge in [0.25, 0.3) is 0 Å². The average Bonchev–Trinajstić information content (AvgIpc) is 2.93. The van der Waals surface area contributed by atoms with Crippen molar-refractivity contribution in [1.29, 1.82) is 0 Å². The predicted octanol–water partition coefficient (Wildman–Crippen LogP) is 4.45. The number of rotatable bonds is 2. The Labute approximate surface area is 101 Å². The van der Waals surface area contributed by atoms with Crippen molar-refractivity contribution in [1.82, 2.24) is 4.98 Å². The Morgan fingerprint density at radius 3 is 2.80 bits per heavy atom. The van der Waals surface area contributed by atoms with Crippen LogP contribution in [-0.4, -0.2) is 4.98 Å². The minimum Gasteiger partial charge on any atom is -0.245 e. The minimum atomic E-state index is 0.792. The molecule has 1 heterocycles. The summed E-state index contributed by atoms with van der Waals surface area (Å²) in [5, 5.41) is 2.10. The average molecular weight is 280 g/mol. The summed E-state index contributed by atoms with van der Waals surface area (Å²) in [5.41, 5.74) is 5.65. The molecule has 76 valence electrons. The molecule has 0 atom stereocenters. The zero-order valence-corrected chi connectivity index (χ0v) is 10.5. The van der Waals surface area contributed by atoms with Crippen LogP contribution in [0.5, 0.6) is 0 Å². The van der Waals surface area contributed by atoms with Crippen LogP contribution in [-0.2, 0) is 0 Å². The molecule has 1 fully saturated rings. The van der Waals surface area contributed by atoms with Crippen LogP contribution in [0, 0.1) is 0 Å². The lowest BCUT2D eigenvalue weighted by Crippen LogP contribution is -1.83. The summed E-state index contributed by atoms with van der Waals surface area (Å²) in [6.45, 7) is 0. The van der Waals surface area contributed by atoms with Crippen LogP contribution in [0.4, 0.5) is 0 Å². The summed E-state index contributed by atoms with van der Waals surface area (Å²) in [5.74, 6) is 0.792. The fourth-order valence-corrected chi connectivity index (χ4v) is 2.84. The Hall–Kier alpha value is -0.670. The second kappa shape index (κ2) is 3.72. The van der Waals surface area contributed by atoms with E-state index in [1.165, 1.54) is 24.0 Å². The summed E-state index contributed by atoms with van der Waals surface area (Å²) in [4.78, 5) is 4.35. The zero-order chi connectivity index (χ0) is 10.3. The van der Waals surface area contributed by atoms with Crippen LogP contribution in [0.2, 0.25) is 0 Å². The normalized spacial score (nSPS) is 15.5. The van der Waals surface area contributed by atoms with Crippen LogP contribution < -0.4 is 0 Å². The van der Waals surface area contributed by atoms with E-state index in [0.29, 0.717) is 0 Å². The number of aromatic nitrogens is 1. The van der Waals surface area contributed by atoms with Gasteiger partial charge >= 0.3 is 0 Å². The highest BCUT2D eigenvalue weighted by atomic mass is 79.9. The molecule has 2 aromatic rings. The molecule has 1 nitrogen and oxygen atoms in total. The molecule has 0 radical (unpaired) electrons. The van der Waals surface area contributed by atoms with Crippen LogP contribution >= 0.6 is 27.3 Å². The lowest BCUT2D eigenvalue weighted by Gasteiger charge is -2.03. The lowest BCUT2D eigenvalue weighted by atomic mass is 10.1. The maximum absolute atomic E-state index is 4.35. The monoisotopic (exact) mass is 279 g/mol. The van der Waals surface area contributed by atoms with E-state index in [0.717, 1.165) is 16.1 Å². The van der Waals surface area contributed by atoms with Crippen molar-refractivity contribution in [3.05, 3.63) is 39.1 Å². The van der Waals surface area contributed by atoms with Gasteiger partial charge in [-0.3, -0.25) is 0 Å². The fraction of sp³-hybridized carbons (Fsp3) is 0.250. The molecule has 0 spiro atoms. The molecule has 0 amide bonds. The second-order valence-electron chi connectivity index (χ2n) is 3.92. The highest BCUT2D eigenvalue weighted by Gasteiger charge is 2.24. The van der Waals surface area contributed by atoms with Gasteiger partial charge in [-0.25, -0.2) is 4.98 Å². The smallest absolute Gasteiger partial charge is 0.0811 e. The number of hydrogen-bond donors (Lipinski definition) is 0. The summed E-state index contributed by atoms with van der Waals surface area (Å²) in [6, 6.07) is 6.64. The molecule has 1 aromatic heterocycles. The molecular formula is C12H10BrNS. The first-order valence-corrected chi connectivity index (χ1v) is 6.75. The molecule has 3 rings (SSSR count). The van der Waals surface area contributed by atoms with Gasteiger partial charge in [-0.05, 0) is 42.5 Å². The van der Waals surface area contributed by atoms with Crippen molar-refractivity contribution in [2.75, 3.05) is 0 Å². The standard InChI is InChI=1S/C12H10BrNS/c13-11-4-9(8-1-2-8)3-10(5-11)12-6-15-7-14-12/h3-8H,1-2H2. The third-order valence-electron chi connectivity index (χ3n) is 2.70. The van der Waals surface area contributed by atoms with Gasteiger partial charge in [0.1, 0.15) is 0 Å². The van der Waals surface area contributed by atoms with Crippen molar-refractivity contribution in [2.45, 2.75) is 18.8 Å². The Morgan fingerprint density at radius 2 is 2.13 bits per heavy atom. The maximum atomic E-state index is 4.35. The first-order valence-electron chi connectivity index (χ1n) is 5.02. The van der Waals surface area contributed by atoms with Crippen LogP contribution in [0.15, 0.2) is 33.6 Å². The molecule has 0 aliphatic heterocycles. The molecule has 3 heteroatoms. The van der Waals surface area contributed by atoms with Crippen LogP contribution in [0.25, 0.3) is 11.3 Å². The molecule has 1 aliphatic carbocycles. The molecule has 1 aliphatic rings. The summed E-state index contributed by atoms with van der Waals surface area (Å²) in [7, 11) is 0. The van der Waals surface area contributed by atoms with Gasteiger partial charge in [0.2, 0.25) is 0 Å². The van der Waals surface area contributed by atoms with E-state index in [9.17, 15) is 0 Å². The van der Waals surface area contributed by atoms with Crippen molar-refractivity contribution >= 4 is 27.3 Å². The molecular weight excluding hydrogens is 270 g/mol. The Bertz CT molecular complexity index is 474. The van der Waals surface area contributed by atoms with E-state index >= 15 is 0 Å². The SMILES string of the molecule is Brc1cc(-c2cscn2)cc(C2CC2)c1. The summed E-state index contributed by atoms with van der Waals surface area (Å²) < 4.78 is 1.16. The molecule has 1 aromatic carbocycles. The van der Waals surface area contributed by atoms with E-state index in [-0.39, 0.29) is 0 Å². The van der Waals surface area contributed by atoms with E-state index in [2.05, 4.69) is 44.5 Å². The number of hydrogen-bond acceptors (Lipinski definition) is 2. The largest absolute Gasteiger partial charge is 0.245 e. The molecule has 0 unspecified atom stereocenters. The first-order chi connectivity index (χ1) is 7.33. The van der Waals surface area contributed by atoms with Gasteiger partial charge < -0.3 is 0 Å². The maximum Gasteiger partial charge on any atom is 0.0811 e. The third-order valence-corrected chi connectivity index (χ3v) is 3.74. The van der Waals surface area contributed by atoms with Gasteiger partial charge in [0.05, 0.1) is 11.2 Å². The van der Waals surface area contributed by atoms with E-state index in [1.807, 2.05) is 5.51 Å². The summed E-state index contributed by atoms with van der Waals surface area (Å²) in [6.07, 6.45) is 2.68. The number of halogens is 1. The molecule has 1 saturated carbocycles. The minimum absolute atomic E-state index is 0.792. The fourth-order valence-electron chi connectivity index (χ4n) is 1.77. The van der Waals surface area contributed by atoms with Gasteiger partial charge in [-0.15, -0.1) is 11.3 Å².